The van der Waals surface area contributed by atoms with Crippen LogP contribution in [0.5, 0.6) is 0 Å². The molecule has 1 fully saturated rings. The Morgan fingerprint density at radius 1 is 1.54 bits per heavy atom. The number of nitrogens with two attached hydrogens (primary N) is 1. The topological polar surface area (TPSA) is 86.5 Å². The molecule has 0 aliphatic carbocycles. The first-order valence-electron chi connectivity index (χ1n) is 3.84. The molecule has 0 aromatic rings. The summed E-state index contributed by atoms with van der Waals surface area (Å²) in [5.41, 5.74) is 4.90. The van der Waals surface area contributed by atoms with Crippen LogP contribution < -0.4 is 5.73 Å². The molecule has 5 nitrogen and oxygen atoms in total. The molecule has 76 valence electrons. The van der Waals surface area contributed by atoms with Crippen molar-refractivity contribution in [1.82, 2.24) is 0 Å². The molecule has 0 aromatic carbocycles. The number of hydrogen-bond acceptors (Lipinski definition) is 5. The molecule has 2 N–H and O–H groups in total. The Morgan fingerprint density at radius 2 is 2.00 bits per heavy atom. The molecule has 1 aliphatic heterocycles. The van der Waals surface area contributed by atoms with Gasteiger partial charge >= 0.3 is 5.97 Å². The summed E-state index contributed by atoms with van der Waals surface area (Å²) in [4.78, 5) is 11.0. The van der Waals surface area contributed by atoms with Crippen LogP contribution in [0.25, 0.3) is 0 Å². The van der Waals surface area contributed by atoms with E-state index in [2.05, 4.69) is 4.74 Å². The molecular formula is C7H13NO4S. The molecule has 1 aliphatic rings. The number of rotatable bonds is 2. The molecule has 1 rings (SSSR count). The van der Waals surface area contributed by atoms with E-state index in [1.807, 2.05) is 0 Å². The van der Waals surface area contributed by atoms with Gasteiger partial charge in [0.15, 0.2) is 9.84 Å². The molecule has 0 radical (unpaired) electrons. The second-order valence-corrected chi connectivity index (χ2v) is 5.75. The van der Waals surface area contributed by atoms with Gasteiger partial charge in [-0.3, -0.25) is 4.79 Å². The number of sulfone groups is 1. The summed E-state index contributed by atoms with van der Waals surface area (Å²) in [6.07, 6.45) is 0. The first-order valence-corrected chi connectivity index (χ1v) is 5.67. The highest BCUT2D eigenvalue weighted by Gasteiger charge is 2.51. The summed E-state index contributed by atoms with van der Waals surface area (Å²) >= 11 is 0. The van der Waals surface area contributed by atoms with Gasteiger partial charge < -0.3 is 10.5 Å². The Balaban J connectivity index is 2.70. The first-order chi connectivity index (χ1) is 5.81. The number of hydrogen-bond donors (Lipinski definition) is 1. The number of carbonyl (C=O) groups excluding carboxylic acids is 1. The Kier molecular flexibility index (Phi) is 2.38. The van der Waals surface area contributed by atoms with Gasteiger partial charge in [-0.25, -0.2) is 8.42 Å². The number of methoxy groups -OCH3 is 1. The van der Waals surface area contributed by atoms with Crippen molar-refractivity contribution in [1.29, 1.82) is 0 Å². The van der Waals surface area contributed by atoms with Gasteiger partial charge in [0.1, 0.15) is 6.04 Å². The van der Waals surface area contributed by atoms with Crippen molar-refractivity contribution >= 4 is 15.8 Å². The van der Waals surface area contributed by atoms with Crippen LogP contribution in [-0.4, -0.2) is 39.0 Å². The maximum absolute atomic E-state index is 11.0. The number of ether oxygens (including phenoxy) is 1. The van der Waals surface area contributed by atoms with Crippen LogP contribution in [0.3, 0.4) is 0 Å². The van der Waals surface area contributed by atoms with E-state index in [9.17, 15) is 13.2 Å². The molecule has 0 aromatic heterocycles. The van der Waals surface area contributed by atoms with Crippen LogP contribution >= 0.6 is 0 Å². The van der Waals surface area contributed by atoms with E-state index in [4.69, 9.17) is 5.73 Å². The van der Waals surface area contributed by atoms with Crippen LogP contribution in [-0.2, 0) is 19.4 Å². The third kappa shape index (κ3) is 1.83. The molecule has 0 amide bonds. The highest BCUT2D eigenvalue weighted by Crippen LogP contribution is 2.35. The third-order valence-corrected chi connectivity index (χ3v) is 4.50. The van der Waals surface area contributed by atoms with E-state index in [1.54, 1.807) is 6.92 Å². The summed E-state index contributed by atoms with van der Waals surface area (Å²) < 4.78 is 26.3. The van der Waals surface area contributed by atoms with Crippen molar-refractivity contribution in [2.24, 2.45) is 11.1 Å². The molecule has 0 spiro atoms. The van der Waals surface area contributed by atoms with Crippen molar-refractivity contribution in [3.05, 3.63) is 0 Å². The minimum Gasteiger partial charge on any atom is -0.468 e. The summed E-state index contributed by atoms with van der Waals surface area (Å²) in [5, 5.41) is 0. The minimum atomic E-state index is -2.96. The van der Waals surface area contributed by atoms with Crippen molar-refractivity contribution < 1.29 is 17.9 Å². The highest BCUT2D eigenvalue weighted by atomic mass is 32.2. The number of esters is 1. The fourth-order valence-corrected chi connectivity index (χ4v) is 3.84. The van der Waals surface area contributed by atoms with Gasteiger partial charge in [-0.2, -0.15) is 0 Å². The Bertz CT molecular complexity index is 309. The van der Waals surface area contributed by atoms with Crippen LogP contribution in [0.15, 0.2) is 0 Å². The van der Waals surface area contributed by atoms with E-state index < -0.39 is 27.3 Å². The van der Waals surface area contributed by atoms with E-state index in [-0.39, 0.29) is 11.5 Å². The summed E-state index contributed by atoms with van der Waals surface area (Å²) in [5.74, 6) is -0.621. The quantitative estimate of drug-likeness (QED) is 0.582. The minimum absolute atomic E-state index is 0.0315. The lowest BCUT2D eigenvalue weighted by atomic mass is 9.86. The van der Waals surface area contributed by atoms with Gasteiger partial charge in [-0.1, -0.05) is 6.92 Å². The average molecular weight is 207 g/mol. The Labute approximate surface area is 77.2 Å². The molecule has 13 heavy (non-hydrogen) atoms. The second kappa shape index (κ2) is 2.95. The molecule has 0 bridgehead atoms. The second-order valence-electron chi connectivity index (χ2n) is 3.69. The maximum Gasteiger partial charge on any atom is 0.323 e. The first kappa shape index (κ1) is 10.5. The van der Waals surface area contributed by atoms with Gasteiger partial charge in [0, 0.05) is 5.41 Å². The average Bonchev–Trinajstić information content (AvgIpc) is 1.97. The van der Waals surface area contributed by atoms with Crippen LogP contribution in [0, 0.1) is 5.41 Å². The van der Waals surface area contributed by atoms with E-state index in [0.717, 1.165) is 0 Å². The summed E-state index contributed by atoms with van der Waals surface area (Å²) in [7, 11) is -1.73. The third-order valence-electron chi connectivity index (χ3n) is 2.31. The van der Waals surface area contributed by atoms with Crippen molar-refractivity contribution in [2.75, 3.05) is 18.6 Å². The van der Waals surface area contributed by atoms with Crippen molar-refractivity contribution in [3.8, 4) is 0 Å². The standard InChI is InChI=1S/C7H13NO4S/c1-7(3-13(10,11)4-7)5(8)6(9)12-2/h5H,3-4,8H2,1-2H3/t5-/m1/s1. The summed E-state index contributed by atoms with van der Waals surface area (Å²) in [6, 6.07) is -0.846. The molecule has 1 saturated heterocycles. The monoisotopic (exact) mass is 207 g/mol. The van der Waals surface area contributed by atoms with Crippen LogP contribution in [0.2, 0.25) is 0 Å². The molecular weight excluding hydrogens is 194 g/mol. The number of carbonyl (C=O) groups is 1. The largest absolute Gasteiger partial charge is 0.468 e. The van der Waals surface area contributed by atoms with Gasteiger partial charge in [-0.15, -0.1) is 0 Å². The maximum atomic E-state index is 11.0. The zero-order valence-electron chi connectivity index (χ0n) is 7.61. The predicted octanol–water partition coefficient (Wildman–Crippen LogP) is -1.08. The van der Waals surface area contributed by atoms with E-state index in [0.29, 0.717) is 0 Å². The van der Waals surface area contributed by atoms with Crippen molar-refractivity contribution in [3.63, 3.8) is 0 Å². The molecule has 6 heteroatoms. The van der Waals surface area contributed by atoms with E-state index >= 15 is 0 Å². The Hall–Kier alpha value is -0.620. The normalized spacial score (nSPS) is 25.8. The molecule has 0 saturated carbocycles. The lowest BCUT2D eigenvalue weighted by molar-refractivity contribution is -0.144. The summed E-state index contributed by atoms with van der Waals surface area (Å²) in [6.45, 7) is 1.68. The fourth-order valence-electron chi connectivity index (χ4n) is 1.55. The van der Waals surface area contributed by atoms with Gasteiger partial charge in [0.2, 0.25) is 0 Å². The predicted molar refractivity (Wildman–Crippen MR) is 46.8 cm³/mol. The van der Waals surface area contributed by atoms with Crippen LogP contribution in [0.4, 0.5) is 0 Å². The fraction of sp³-hybridized carbons (Fsp3) is 0.857. The van der Waals surface area contributed by atoms with Crippen LogP contribution in [0.1, 0.15) is 6.92 Å². The van der Waals surface area contributed by atoms with Gasteiger partial charge in [0.25, 0.3) is 0 Å². The smallest absolute Gasteiger partial charge is 0.323 e. The zero-order chi connectivity index (χ0) is 10.3. The SMILES string of the molecule is COC(=O)[C@@H](N)C1(C)CS(=O)(=O)C1. The highest BCUT2D eigenvalue weighted by molar-refractivity contribution is 7.92. The molecule has 1 atom stereocenters. The molecule has 0 unspecified atom stereocenters. The lowest BCUT2D eigenvalue weighted by Gasteiger charge is -2.40. The van der Waals surface area contributed by atoms with E-state index in [1.165, 1.54) is 7.11 Å². The van der Waals surface area contributed by atoms with Crippen molar-refractivity contribution in [2.45, 2.75) is 13.0 Å². The lowest BCUT2D eigenvalue weighted by Crippen LogP contribution is -2.60. The molecule has 1 heterocycles. The van der Waals surface area contributed by atoms with Gasteiger partial charge in [0.05, 0.1) is 18.6 Å². The van der Waals surface area contributed by atoms with Gasteiger partial charge in [-0.05, 0) is 0 Å². The zero-order valence-corrected chi connectivity index (χ0v) is 8.43. The Morgan fingerprint density at radius 3 is 2.31 bits per heavy atom.